The largest absolute Gasteiger partial charge is 0.479 e. The number of benzene rings is 1. The lowest BCUT2D eigenvalue weighted by Gasteiger charge is -2.40. The second kappa shape index (κ2) is 6.53. The zero-order chi connectivity index (χ0) is 18.1. The van der Waals surface area contributed by atoms with E-state index in [2.05, 4.69) is 39.1 Å². The highest BCUT2D eigenvalue weighted by molar-refractivity contribution is 5.81. The van der Waals surface area contributed by atoms with Gasteiger partial charge in [-0.2, -0.15) is 0 Å². The lowest BCUT2D eigenvalue weighted by Crippen LogP contribution is -2.51. The minimum Gasteiger partial charge on any atom is -0.479 e. The minimum atomic E-state index is -0.895. The zero-order valence-corrected chi connectivity index (χ0v) is 14.8. The number of carboxylic acid groups (broad SMARTS) is 1. The number of imidazole rings is 1. The van der Waals surface area contributed by atoms with Crippen LogP contribution in [0.15, 0.2) is 48.9 Å². The number of rotatable bonds is 4. The van der Waals surface area contributed by atoms with E-state index in [1.165, 1.54) is 5.56 Å². The number of pyridine rings is 1. The Morgan fingerprint density at radius 3 is 2.62 bits per heavy atom. The first-order valence-corrected chi connectivity index (χ1v) is 8.89. The molecule has 3 aromatic rings. The molecule has 0 radical (unpaired) electrons. The fraction of sp³-hybridized carbons (Fsp3) is 0.350. The molecule has 0 amide bonds. The number of fused-ring (bicyclic) bond motifs is 1. The normalized spacial score (nSPS) is 17.4. The Morgan fingerprint density at radius 2 is 1.92 bits per heavy atom. The van der Waals surface area contributed by atoms with Crippen molar-refractivity contribution >= 4 is 16.9 Å². The Kier molecular flexibility index (Phi) is 4.20. The lowest BCUT2D eigenvalue weighted by molar-refractivity contribution is -0.150. The summed E-state index contributed by atoms with van der Waals surface area (Å²) in [6, 6.07) is 10.2. The Hall–Kier alpha value is -2.73. The number of carboxylic acids is 1. The Labute approximate surface area is 152 Å². The van der Waals surface area contributed by atoms with Gasteiger partial charge in [0.25, 0.3) is 0 Å². The molecular weight excluding hydrogens is 328 g/mol. The molecule has 0 aliphatic carbocycles. The first-order valence-electron chi connectivity index (χ1n) is 8.89. The topological polar surface area (TPSA) is 71.2 Å². The first kappa shape index (κ1) is 16.7. The van der Waals surface area contributed by atoms with Crippen molar-refractivity contribution in [1.29, 1.82) is 0 Å². The van der Waals surface area contributed by atoms with Gasteiger partial charge in [-0.25, -0.2) is 9.78 Å². The maximum atomic E-state index is 12.1. The maximum absolute atomic E-state index is 12.1. The zero-order valence-electron chi connectivity index (χ0n) is 14.8. The van der Waals surface area contributed by atoms with Gasteiger partial charge in [-0.15, -0.1) is 0 Å². The van der Waals surface area contributed by atoms with E-state index in [-0.39, 0.29) is 0 Å². The van der Waals surface area contributed by atoms with E-state index in [0.717, 1.165) is 36.4 Å². The fourth-order valence-corrected chi connectivity index (χ4v) is 4.01. The molecule has 1 fully saturated rings. The number of nitrogens with zero attached hydrogens (tertiary/aromatic N) is 4. The van der Waals surface area contributed by atoms with Gasteiger partial charge < -0.3 is 9.67 Å². The highest BCUT2D eigenvalue weighted by atomic mass is 16.4. The van der Waals surface area contributed by atoms with Gasteiger partial charge in [0, 0.05) is 43.6 Å². The van der Waals surface area contributed by atoms with Crippen molar-refractivity contribution in [3.05, 3.63) is 60.3 Å². The summed E-state index contributed by atoms with van der Waals surface area (Å²) in [5.41, 5.74) is 1.31. The summed E-state index contributed by atoms with van der Waals surface area (Å²) >= 11 is 0. The number of likely N-dealkylation sites (tertiary alicyclic amines) is 1. The molecule has 134 valence electrons. The SMILES string of the molecule is Cc1nccn1C1(C(=O)O)CCN(Cc2cccc3cccnc23)CC1. The van der Waals surface area contributed by atoms with Gasteiger partial charge in [-0.05, 0) is 31.4 Å². The average molecular weight is 350 g/mol. The van der Waals surface area contributed by atoms with Gasteiger partial charge in [0.2, 0.25) is 0 Å². The van der Waals surface area contributed by atoms with Crippen molar-refractivity contribution in [2.24, 2.45) is 0 Å². The maximum Gasteiger partial charge on any atom is 0.330 e. The summed E-state index contributed by atoms with van der Waals surface area (Å²) in [4.78, 5) is 23.1. The molecule has 1 aliphatic heterocycles. The van der Waals surface area contributed by atoms with Gasteiger partial charge in [-0.1, -0.05) is 24.3 Å². The number of aryl methyl sites for hydroxylation is 1. The second-order valence-corrected chi connectivity index (χ2v) is 6.95. The number of aromatic nitrogens is 3. The molecule has 1 aromatic carbocycles. The molecule has 6 heteroatoms. The summed E-state index contributed by atoms with van der Waals surface area (Å²) < 4.78 is 1.83. The highest BCUT2D eigenvalue weighted by Crippen LogP contribution is 2.32. The molecule has 0 spiro atoms. The van der Waals surface area contributed by atoms with Crippen molar-refractivity contribution in [3.63, 3.8) is 0 Å². The first-order chi connectivity index (χ1) is 12.6. The Bertz CT molecular complexity index is 936. The van der Waals surface area contributed by atoms with E-state index in [0.29, 0.717) is 12.8 Å². The molecule has 0 atom stereocenters. The molecule has 0 bridgehead atoms. The molecule has 3 heterocycles. The second-order valence-electron chi connectivity index (χ2n) is 6.95. The van der Waals surface area contributed by atoms with Crippen molar-refractivity contribution in [1.82, 2.24) is 19.4 Å². The number of para-hydroxylation sites is 1. The predicted molar refractivity (Wildman–Crippen MR) is 98.8 cm³/mol. The number of piperidine rings is 1. The molecule has 1 saturated heterocycles. The third-order valence-corrected chi connectivity index (χ3v) is 5.48. The van der Waals surface area contributed by atoms with Gasteiger partial charge in [-0.3, -0.25) is 9.88 Å². The van der Waals surface area contributed by atoms with Gasteiger partial charge in [0.15, 0.2) is 0 Å². The molecule has 4 rings (SSSR count). The number of carbonyl (C=O) groups is 1. The molecular formula is C20H22N4O2. The van der Waals surface area contributed by atoms with Crippen LogP contribution in [0.4, 0.5) is 0 Å². The van der Waals surface area contributed by atoms with Gasteiger partial charge >= 0.3 is 5.97 Å². The molecule has 0 saturated carbocycles. The monoisotopic (exact) mass is 350 g/mol. The van der Waals surface area contributed by atoms with Crippen LogP contribution < -0.4 is 0 Å². The van der Waals surface area contributed by atoms with E-state index in [4.69, 9.17) is 0 Å². The van der Waals surface area contributed by atoms with E-state index < -0.39 is 11.5 Å². The number of hydrogen-bond acceptors (Lipinski definition) is 4. The molecule has 26 heavy (non-hydrogen) atoms. The fourth-order valence-electron chi connectivity index (χ4n) is 4.01. The summed E-state index contributed by atoms with van der Waals surface area (Å²) in [6.45, 7) is 4.10. The van der Waals surface area contributed by atoms with E-state index in [1.807, 2.05) is 23.8 Å². The van der Waals surface area contributed by atoms with Crippen LogP contribution in [-0.4, -0.2) is 43.6 Å². The van der Waals surface area contributed by atoms with Crippen molar-refractivity contribution < 1.29 is 9.90 Å². The third kappa shape index (κ3) is 2.76. The lowest BCUT2D eigenvalue weighted by atomic mass is 9.86. The third-order valence-electron chi connectivity index (χ3n) is 5.48. The van der Waals surface area contributed by atoms with Crippen LogP contribution in [0.1, 0.15) is 24.2 Å². The summed E-state index contributed by atoms with van der Waals surface area (Å²) in [7, 11) is 0. The van der Waals surface area contributed by atoms with Crippen molar-refractivity contribution in [3.8, 4) is 0 Å². The van der Waals surface area contributed by atoms with E-state index >= 15 is 0 Å². The predicted octanol–water partition coefficient (Wildman–Crippen LogP) is 2.82. The molecule has 1 N–H and O–H groups in total. The van der Waals surface area contributed by atoms with Crippen LogP contribution in [0, 0.1) is 6.92 Å². The quantitative estimate of drug-likeness (QED) is 0.783. The molecule has 6 nitrogen and oxygen atoms in total. The minimum absolute atomic E-state index is 0.567. The Balaban J connectivity index is 1.54. The summed E-state index contributed by atoms with van der Waals surface area (Å²) in [6.07, 6.45) is 6.41. The van der Waals surface area contributed by atoms with E-state index in [9.17, 15) is 9.90 Å². The van der Waals surface area contributed by atoms with Crippen molar-refractivity contribution in [2.75, 3.05) is 13.1 Å². The van der Waals surface area contributed by atoms with Crippen LogP contribution in [0.3, 0.4) is 0 Å². The summed E-state index contributed by atoms with van der Waals surface area (Å²) in [5, 5.41) is 11.1. The van der Waals surface area contributed by atoms with E-state index in [1.54, 1.807) is 12.4 Å². The average Bonchev–Trinajstić information content (AvgIpc) is 3.09. The van der Waals surface area contributed by atoms with Crippen molar-refractivity contribution in [2.45, 2.75) is 31.8 Å². The standard InChI is InChI=1S/C20H22N4O2/c1-15-21-10-13-24(15)20(19(25)26)7-11-23(12-8-20)14-17-5-2-4-16-6-3-9-22-18(16)17/h2-6,9-10,13H,7-8,11-12,14H2,1H3,(H,25,26). The molecule has 1 aliphatic rings. The van der Waals surface area contributed by atoms with Gasteiger partial charge in [0.05, 0.1) is 5.52 Å². The van der Waals surface area contributed by atoms with Crippen LogP contribution in [-0.2, 0) is 16.9 Å². The highest BCUT2D eigenvalue weighted by Gasteiger charge is 2.43. The Morgan fingerprint density at radius 1 is 1.15 bits per heavy atom. The van der Waals surface area contributed by atoms with Crippen LogP contribution >= 0.6 is 0 Å². The van der Waals surface area contributed by atoms with Crippen LogP contribution in [0.2, 0.25) is 0 Å². The number of hydrogen-bond donors (Lipinski definition) is 1. The van der Waals surface area contributed by atoms with Crippen LogP contribution in [0.25, 0.3) is 10.9 Å². The molecule has 0 unspecified atom stereocenters. The van der Waals surface area contributed by atoms with Crippen LogP contribution in [0.5, 0.6) is 0 Å². The van der Waals surface area contributed by atoms with Gasteiger partial charge in [0.1, 0.15) is 11.4 Å². The summed E-state index contributed by atoms with van der Waals surface area (Å²) in [5.74, 6) is -0.0239. The molecule has 2 aromatic heterocycles. The number of aliphatic carboxylic acids is 1. The smallest absolute Gasteiger partial charge is 0.330 e.